The van der Waals surface area contributed by atoms with Crippen molar-refractivity contribution in [3.8, 4) is 11.5 Å². The van der Waals surface area contributed by atoms with Gasteiger partial charge in [0.15, 0.2) is 6.10 Å². The van der Waals surface area contributed by atoms with Gasteiger partial charge < -0.3 is 14.4 Å². The Bertz CT molecular complexity index is 346. The van der Waals surface area contributed by atoms with Crippen LogP contribution in [-0.4, -0.2) is 38.1 Å². The Morgan fingerprint density at radius 2 is 1.69 bits per heavy atom. The molecule has 0 aliphatic rings. The molecule has 4 nitrogen and oxygen atoms in total. The molecule has 0 aliphatic carbocycles. The van der Waals surface area contributed by atoms with E-state index in [1.165, 1.54) is 4.90 Å². The van der Waals surface area contributed by atoms with Gasteiger partial charge in [-0.3, -0.25) is 4.79 Å². The highest BCUT2D eigenvalue weighted by Crippen LogP contribution is 2.18. The van der Waals surface area contributed by atoms with Gasteiger partial charge in [0.05, 0.1) is 7.11 Å². The number of benzene rings is 1. The standard InChI is InChI=1S/C12H17NO3/c1-9(12(14)13(2)3)16-11-7-5-10(15-4)6-8-11/h5-9H,1-4H3/t9-/m0/s1. The van der Waals surface area contributed by atoms with Crippen LogP contribution in [0.2, 0.25) is 0 Å². The predicted octanol–water partition coefficient (Wildman–Crippen LogP) is 1.55. The first-order valence-electron chi connectivity index (χ1n) is 5.06. The van der Waals surface area contributed by atoms with Crippen molar-refractivity contribution < 1.29 is 14.3 Å². The summed E-state index contributed by atoms with van der Waals surface area (Å²) in [6.45, 7) is 1.73. The lowest BCUT2D eigenvalue weighted by Crippen LogP contribution is -2.35. The van der Waals surface area contributed by atoms with Crippen molar-refractivity contribution in [2.24, 2.45) is 0 Å². The van der Waals surface area contributed by atoms with E-state index in [1.54, 1.807) is 52.4 Å². The molecule has 0 radical (unpaired) electrons. The minimum atomic E-state index is -0.483. The lowest BCUT2D eigenvalue weighted by Gasteiger charge is -2.18. The van der Waals surface area contributed by atoms with E-state index in [1.807, 2.05) is 0 Å². The molecule has 1 rings (SSSR count). The van der Waals surface area contributed by atoms with Crippen LogP contribution in [0.25, 0.3) is 0 Å². The Balaban J connectivity index is 2.62. The fourth-order valence-electron chi connectivity index (χ4n) is 1.27. The van der Waals surface area contributed by atoms with Crippen LogP contribution in [0.1, 0.15) is 6.92 Å². The molecular formula is C12H17NO3. The van der Waals surface area contributed by atoms with Crippen LogP contribution in [0.4, 0.5) is 0 Å². The van der Waals surface area contributed by atoms with E-state index in [0.29, 0.717) is 5.75 Å². The third-order valence-electron chi connectivity index (χ3n) is 2.16. The molecule has 0 spiro atoms. The van der Waals surface area contributed by atoms with Crippen LogP contribution < -0.4 is 9.47 Å². The molecule has 0 saturated heterocycles. The van der Waals surface area contributed by atoms with Gasteiger partial charge in [0.25, 0.3) is 5.91 Å². The van der Waals surface area contributed by atoms with Crippen molar-refractivity contribution in [2.75, 3.05) is 21.2 Å². The minimum absolute atomic E-state index is 0.0594. The van der Waals surface area contributed by atoms with E-state index in [4.69, 9.17) is 9.47 Å². The fourth-order valence-corrected chi connectivity index (χ4v) is 1.27. The number of nitrogens with zero attached hydrogens (tertiary/aromatic N) is 1. The molecule has 0 bridgehead atoms. The first-order valence-corrected chi connectivity index (χ1v) is 5.06. The molecule has 0 aliphatic heterocycles. The van der Waals surface area contributed by atoms with Gasteiger partial charge in [0, 0.05) is 14.1 Å². The number of amides is 1. The van der Waals surface area contributed by atoms with Crippen molar-refractivity contribution in [3.05, 3.63) is 24.3 Å². The second-order valence-corrected chi connectivity index (χ2v) is 3.67. The maximum absolute atomic E-state index is 11.5. The molecule has 16 heavy (non-hydrogen) atoms. The largest absolute Gasteiger partial charge is 0.497 e. The zero-order valence-electron chi connectivity index (χ0n) is 10.1. The lowest BCUT2D eigenvalue weighted by molar-refractivity contribution is -0.135. The summed E-state index contributed by atoms with van der Waals surface area (Å²) in [5.74, 6) is 1.36. The van der Waals surface area contributed by atoms with Crippen molar-refractivity contribution >= 4 is 5.91 Å². The van der Waals surface area contributed by atoms with Crippen molar-refractivity contribution in [1.82, 2.24) is 4.90 Å². The van der Waals surface area contributed by atoms with Crippen LogP contribution in [0.3, 0.4) is 0 Å². The SMILES string of the molecule is COc1ccc(O[C@@H](C)C(=O)N(C)C)cc1. The maximum Gasteiger partial charge on any atom is 0.262 e. The molecule has 0 heterocycles. The van der Waals surface area contributed by atoms with Gasteiger partial charge in [-0.2, -0.15) is 0 Å². The van der Waals surface area contributed by atoms with E-state index in [0.717, 1.165) is 5.75 Å². The van der Waals surface area contributed by atoms with Gasteiger partial charge >= 0.3 is 0 Å². The number of likely N-dealkylation sites (N-methyl/N-ethyl adjacent to an activating group) is 1. The van der Waals surface area contributed by atoms with E-state index in [2.05, 4.69) is 0 Å². The fraction of sp³-hybridized carbons (Fsp3) is 0.417. The smallest absolute Gasteiger partial charge is 0.262 e. The van der Waals surface area contributed by atoms with Gasteiger partial charge in [0.2, 0.25) is 0 Å². The highest BCUT2D eigenvalue weighted by molar-refractivity contribution is 5.80. The van der Waals surface area contributed by atoms with Gasteiger partial charge in [-0.1, -0.05) is 0 Å². The number of carbonyl (C=O) groups is 1. The summed E-state index contributed by atoms with van der Waals surface area (Å²) in [6.07, 6.45) is -0.483. The topological polar surface area (TPSA) is 38.8 Å². The Labute approximate surface area is 95.8 Å². The van der Waals surface area contributed by atoms with Gasteiger partial charge in [-0.05, 0) is 31.2 Å². The predicted molar refractivity (Wildman–Crippen MR) is 61.8 cm³/mol. The summed E-state index contributed by atoms with van der Waals surface area (Å²) in [7, 11) is 5.01. The van der Waals surface area contributed by atoms with Crippen molar-refractivity contribution in [1.29, 1.82) is 0 Å². The summed E-state index contributed by atoms with van der Waals surface area (Å²) in [6, 6.07) is 7.14. The Kier molecular flexibility index (Phi) is 4.17. The molecule has 0 unspecified atom stereocenters. The van der Waals surface area contributed by atoms with Crippen LogP contribution in [-0.2, 0) is 4.79 Å². The summed E-state index contributed by atoms with van der Waals surface area (Å²) in [4.78, 5) is 13.1. The molecule has 88 valence electrons. The number of rotatable bonds is 4. The molecule has 0 aromatic heterocycles. The molecule has 0 fully saturated rings. The zero-order valence-corrected chi connectivity index (χ0v) is 10.1. The average Bonchev–Trinajstić information content (AvgIpc) is 2.28. The van der Waals surface area contributed by atoms with Crippen LogP contribution in [0, 0.1) is 0 Å². The molecule has 1 amide bonds. The van der Waals surface area contributed by atoms with Crippen molar-refractivity contribution in [2.45, 2.75) is 13.0 Å². The van der Waals surface area contributed by atoms with Crippen LogP contribution >= 0.6 is 0 Å². The molecule has 0 saturated carbocycles. The van der Waals surface area contributed by atoms with Gasteiger partial charge in [0.1, 0.15) is 11.5 Å². The third-order valence-corrected chi connectivity index (χ3v) is 2.16. The number of hydrogen-bond donors (Lipinski definition) is 0. The monoisotopic (exact) mass is 223 g/mol. The van der Waals surface area contributed by atoms with Gasteiger partial charge in [-0.15, -0.1) is 0 Å². The van der Waals surface area contributed by atoms with Gasteiger partial charge in [-0.25, -0.2) is 0 Å². The van der Waals surface area contributed by atoms with Crippen LogP contribution in [0.15, 0.2) is 24.3 Å². The molecule has 1 aromatic carbocycles. The number of methoxy groups -OCH3 is 1. The Morgan fingerprint density at radius 1 is 1.19 bits per heavy atom. The van der Waals surface area contributed by atoms with E-state index in [9.17, 15) is 4.79 Å². The summed E-state index contributed by atoms with van der Waals surface area (Å²) >= 11 is 0. The number of hydrogen-bond acceptors (Lipinski definition) is 3. The lowest BCUT2D eigenvalue weighted by atomic mass is 10.3. The molecule has 4 heteroatoms. The Morgan fingerprint density at radius 3 is 2.12 bits per heavy atom. The molecular weight excluding hydrogens is 206 g/mol. The highest BCUT2D eigenvalue weighted by atomic mass is 16.5. The molecule has 1 aromatic rings. The van der Waals surface area contributed by atoms with E-state index in [-0.39, 0.29) is 5.91 Å². The first-order chi connectivity index (χ1) is 7.54. The van der Waals surface area contributed by atoms with E-state index < -0.39 is 6.10 Å². The molecule has 0 N–H and O–H groups in total. The average molecular weight is 223 g/mol. The Hall–Kier alpha value is -1.71. The maximum atomic E-state index is 11.5. The van der Waals surface area contributed by atoms with Crippen molar-refractivity contribution in [3.63, 3.8) is 0 Å². The number of ether oxygens (including phenoxy) is 2. The van der Waals surface area contributed by atoms with Crippen LogP contribution in [0.5, 0.6) is 11.5 Å². The summed E-state index contributed by atoms with van der Waals surface area (Å²) in [5.41, 5.74) is 0. The second kappa shape index (κ2) is 5.39. The third kappa shape index (κ3) is 3.15. The summed E-state index contributed by atoms with van der Waals surface area (Å²) in [5, 5.41) is 0. The quantitative estimate of drug-likeness (QED) is 0.777. The first kappa shape index (κ1) is 12.4. The number of carbonyl (C=O) groups excluding carboxylic acids is 1. The summed E-state index contributed by atoms with van der Waals surface area (Å²) < 4.78 is 10.5. The second-order valence-electron chi connectivity index (χ2n) is 3.67. The highest BCUT2D eigenvalue weighted by Gasteiger charge is 2.16. The zero-order chi connectivity index (χ0) is 12.1. The minimum Gasteiger partial charge on any atom is -0.497 e. The molecule has 1 atom stereocenters. The normalized spacial score (nSPS) is 11.8. The van der Waals surface area contributed by atoms with E-state index >= 15 is 0 Å².